The van der Waals surface area contributed by atoms with E-state index in [9.17, 15) is 4.79 Å². The number of nitrogens with two attached hydrogens (primary N) is 1. The molecule has 0 radical (unpaired) electrons. The molecule has 1 rings (SSSR count). The van der Waals surface area contributed by atoms with Crippen molar-refractivity contribution in [2.45, 2.75) is 45.7 Å². The highest BCUT2D eigenvalue weighted by Gasteiger charge is 2.18. The van der Waals surface area contributed by atoms with Gasteiger partial charge in [0.1, 0.15) is 0 Å². The molecule has 5 nitrogen and oxygen atoms in total. The summed E-state index contributed by atoms with van der Waals surface area (Å²) in [7, 11) is 0. The van der Waals surface area contributed by atoms with Gasteiger partial charge in [0.2, 0.25) is 0 Å². The highest BCUT2D eigenvalue weighted by molar-refractivity contribution is 5.93. The van der Waals surface area contributed by atoms with E-state index in [1.54, 1.807) is 17.1 Å². The van der Waals surface area contributed by atoms with Crippen LogP contribution in [-0.2, 0) is 5.54 Å². The van der Waals surface area contributed by atoms with Crippen LogP contribution in [-0.4, -0.2) is 27.8 Å². The van der Waals surface area contributed by atoms with Gasteiger partial charge < -0.3 is 11.1 Å². The number of amides is 1. The largest absolute Gasteiger partial charge is 0.350 e. The summed E-state index contributed by atoms with van der Waals surface area (Å²) in [5, 5.41) is 6.96. The second-order valence-electron chi connectivity index (χ2n) is 6.02. The van der Waals surface area contributed by atoms with E-state index < -0.39 is 5.54 Å². The Balaban J connectivity index is 0.00000289. The third-order valence-corrected chi connectivity index (χ3v) is 2.24. The minimum absolute atomic E-state index is 0. The Morgan fingerprint density at radius 2 is 1.94 bits per heavy atom. The fourth-order valence-corrected chi connectivity index (χ4v) is 1.22. The van der Waals surface area contributed by atoms with Gasteiger partial charge in [0.15, 0.2) is 0 Å². The van der Waals surface area contributed by atoms with Gasteiger partial charge in [-0.15, -0.1) is 12.4 Å². The Labute approximate surface area is 115 Å². The molecule has 0 aromatic carbocycles. The van der Waals surface area contributed by atoms with Crippen LogP contribution in [0.4, 0.5) is 0 Å². The van der Waals surface area contributed by atoms with Crippen molar-refractivity contribution in [2.24, 2.45) is 5.73 Å². The minimum Gasteiger partial charge on any atom is -0.350 e. The predicted octanol–water partition coefficient (Wildman–Crippen LogP) is 1.53. The third kappa shape index (κ3) is 5.06. The summed E-state index contributed by atoms with van der Waals surface area (Å²) < 4.78 is 1.77. The quantitative estimate of drug-likeness (QED) is 0.878. The van der Waals surface area contributed by atoms with E-state index in [0.29, 0.717) is 12.1 Å². The minimum atomic E-state index is -0.407. The smallest absolute Gasteiger partial charge is 0.254 e. The summed E-state index contributed by atoms with van der Waals surface area (Å²) >= 11 is 0. The maximum atomic E-state index is 11.8. The Hall–Kier alpha value is -1.07. The summed E-state index contributed by atoms with van der Waals surface area (Å²) in [6.45, 7) is 10.3. The molecule has 0 bridgehead atoms. The summed E-state index contributed by atoms with van der Waals surface area (Å²) in [5.41, 5.74) is 5.83. The van der Waals surface area contributed by atoms with Crippen molar-refractivity contribution in [1.29, 1.82) is 0 Å². The first-order valence-corrected chi connectivity index (χ1v) is 5.72. The van der Waals surface area contributed by atoms with E-state index in [2.05, 4.69) is 10.4 Å². The molecule has 0 unspecified atom stereocenters. The van der Waals surface area contributed by atoms with E-state index >= 15 is 0 Å². The van der Waals surface area contributed by atoms with Crippen LogP contribution in [0, 0.1) is 0 Å². The van der Waals surface area contributed by atoms with Crippen LogP contribution in [0.3, 0.4) is 0 Å². The molecule has 0 spiro atoms. The van der Waals surface area contributed by atoms with E-state index in [1.165, 1.54) is 0 Å². The molecule has 0 aliphatic carbocycles. The lowest BCUT2D eigenvalue weighted by Crippen LogP contribution is -2.45. The molecule has 1 aromatic rings. The molecule has 18 heavy (non-hydrogen) atoms. The van der Waals surface area contributed by atoms with Crippen molar-refractivity contribution in [3.05, 3.63) is 18.0 Å². The standard InChI is InChI=1S/C12H22N4O.ClH/c1-11(2,3)16-7-9(6-15-16)10(17)14-8-12(4,5)13;/h6-7H,8,13H2,1-5H3,(H,14,17);1H. The predicted molar refractivity (Wildman–Crippen MR) is 75.1 cm³/mol. The lowest BCUT2D eigenvalue weighted by atomic mass is 10.1. The lowest BCUT2D eigenvalue weighted by molar-refractivity contribution is 0.0946. The Morgan fingerprint density at radius 3 is 2.33 bits per heavy atom. The summed E-state index contributed by atoms with van der Waals surface area (Å²) in [6, 6.07) is 0. The average molecular weight is 275 g/mol. The molecule has 1 heterocycles. The van der Waals surface area contributed by atoms with Crippen molar-refractivity contribution in [2.75, 3.05) is 6.54 Å². The number of carbonyl (C=O) groups excluding carboxylic acids is 1. The zero-order valence-electron chi connectivity index (χ0n) is 11.7. The maximum absolute atomic E-state index is 11.8. The normalized spacial score (nSPS) is 11.9. The Morgan fingerprint density at radius 1 is 1.39 bits per heavy atom. The van der Waals surface area contributed by atoms with Crippen LogP contribution in [0.15, 0.2) is 12.4 Å². The number of rotatable bonds is 3. The molecular weight excluding hydrogens is 252 g/mol. The Kier molecular flexibility index (Phi) is 5.37. The second kappa shape index (κ2) is 5.71. The van der Waals surface area contributed by atoms with Crippen molar-refractivity contribution in [1.82, 2.24) is 15.1 Å². The Bertz CT molecular complexity index is 401. The van der Waals surface area contributed by atoms with Crippen molar-refractivity contribution < 1.29 is 4.79 Å². The van der Waals surface area contributed by atoms with Gasteiger partial charge >= 0.3 is 0 Å². The topological polar surface area (TPSA) is 72.9 Å². The molecule has 0 saturated carbocycles. The number of nitrogens with one attached hydrogen (secondary N) is 1. The van der Waals surface area contributed by atoms with Crippen LogP contribution in [0.5, 0.6) is 0 Å². The number of hydrogen-bond acceptors (Lipinski definition) is 3. The lowest BCUT2D eigenvalue weighted by Gasteiger charge is -2.19. The fourth-order valence-electron chi connectivity index (χ4n) is 1.22. The van der Waals surface area contributed by atoms with Crippen LogP contribution < -0.4 is 11.1 Å². The highest BCUT2D eigenvalue weighted by atomic mass is 35.5. The molecule has 104 valence electrons. The maximum Gasteiger partial charge on any atom is 0.254 e. The van der Waals surface area contributed by atoms with Crippen molar-refractivity contribution in [3.63, 3.8) is 0 Å². The molecule has 0 saturated heterocycles. The van der Waals surface area contributed by atoms with Gasteiger partial charge in [0.05, 0.1) is 17.3 Å². The molecule has 1 amide bonds. The third-order valence-electron chi connectivity index (χ3n) is 2.24. The summed E-state index contributed by atoms with van der Waals surface area (Å²) in [6.07, 6.45) is 3.32. The van der Waals surface area contributed by atoms with Gasteiger partial charge in [-0.1, -0.05) is 0 Å². The first-order chi connectivity index (χ1) is 7.59. The second-order valence-corrected chi connectivity index (χ2v) is 6.02. The molecular formula is C12H23ClN4O. The molecule has 0 aliphatic heterocycles. The van der Waals surface area contributed by atoms with Gasteiger partial charge in [-0.3, -0.25) is 9.48 Å². The van der Waals surface area contributed by atoms with Gasteiger partial charge in [-0.2, -0.15) is 5.10 Å². The monoisotopic (exact) mass is 274 g/mol. The number of carbonyl (C=O) groups is 1. The number of hydrogen-bond donors (Lipinski definition) is 2. The van der Waals surface area contributed by atoms with Crippen LogP contribution >= 0.6 is 12.4 Å². The molecule has 6 heteroatoms. The van der Waals surface area contributed by atoms with Crippen LogP contribution in [0.1, 0.15) is 45.0 Å². The average Bonchev–Trinajstić information content (AvgIpc) is 2.60. The molecule has 1 aromatic heterocycles. The van der Waals surface area contributed by atoms with Gasteiger partial charge in [-0.05, 0) is 34.6 Å². The fraction of sp³-hybridized carbons (Fsp3) is 0.667. The zero-order chi connectivity index (χ0) is 13.3. The van der Waals surface area contributed by atoms with E-state index in [0.717, 1.165) is 0 Å². The van der Waals surface area contributed by atoms with E-state index in [4.69, 9.17) is 5.73 Å². The number of aromatic nitrogens is 2. The highest BCUT2D eigenvalue weighted by Crippen LogP contribution is 2.13. The first-order valence-electron chi connectivity index (χ1n) is 5.72. The van der Waals surface area contributed by atoms with Gasteiger partial charge in [0.25, 0.3) is 5.91 Å². The molecule has 0 atom stereocenters. The summed E-state index contributed by atoms with van der Waals surface area (Å²) in [4.78, 5) is 11.8. The first kappa shape index (κ1) is 16.9. The molecule has 0 aliphatic rings. The van der Waals surface area contributed by atoms with E-state index in [1.807, 2.05) is 34.6 Å². The number of halogens is 1. The number of nitrogens with zero attached hydrogens (tertiary/aromatic N) is 2. The SMILES string of the molecule is CC(C)(N)CNC(=O)c1cnn(C(C)(C)C)c1.Cl. The van der Waals surface area contributed by atoms with Crippen LogP contribution in [0.2, 0.25) is 0 Å². The van der Waals surface area contributed by atoms with E-state index in [-0.39, 0.29) is 23.9 Å². The van der Waals surface area contributed by atoms with Gasteiger partial charge in [-0.25, -0.2) is 0 Å². The summed E-state index contributed by atoms with van der Waals surface area (Å²) in [5.74, 6) is -0.140. The van der Waals surface area contributed by atoms with Crippen LogP contribution in [0.25, 0.3) is 0 Å². The molecule has 3 N–H and O–H groups in total. The zero-order valence-corrected chi connectivity index (χ0v) is 12.5. The molecule has 0 fully saturated rings. The van der Waals surface area contributed by atoms with Crippen molar-refractivity contribution in [3.8, 4) is 0 Å². The van der Waals surface area contributed by atoms with Gasteiger partial charge in [0, 0.05) is 18.3 Å². The van der Waals surface area contributed by atoms with Crippen molar-refractivity contribution >= 4 is 18.3 Å².